The Hall–Kier alpha value is -1.55. The number of hydrogen-bond donors (Lipinski definition) is 1. The summed E-state index contributed by atoms with van der Waals surface area (Å²) >= 11 is 5.97. The third kappa shape index (κ3) is 4.91. The zero-order valence-corrected chi connectivity index (χ0v) is 12.0. The second-order valence-electron chi connectivity index (χ2n) is 4.35. The minimum absolute atomic E-state index is 0.256. The summed E-state index contributed by atoms with van der Waals surface area (Å²) in [5, 5.41) is 3.16. The van der Waals surface area contributed by atoms with Gasteiger partial charge < -0.3 is 10.2 Å². The van der Waals surface area contributed by atoms with Crippen LogP contribution >= 0.6 is 11.6 Å². The van der Waals surface area contributed by atoms with Crippen molar-refractivity contribution >= 4 is 23.4 Å². The van der Waals surface area contributed by atoms with E-state index in [1.165, 1.54) is 4.90 Å². The molecule has 1 N–H and O–H groups in total. The van der Waals surface area contributed by atoms with Crippen molar-refractivity contribution < 1.29 is 9.59 Å². The van der Waals surface area contributed by atoms with Crippen molar-refractivity contribution in [2.45, 2.75) is 26.3 Å². The fourth-order valence-corrected chi connectivity index (χ4v) is 1.77. The van der Waals surface area contributed by atoms with E-state index in [0.29, 0.717) is 11.6 Å². The SMILES string of the molecule is CCCCN(C)C(=O)C(=O)NCc1ccccc1Cl. The van der Waals surface area contributed by atoms with Crippen molar-refractivity contribution in [3.8, 4) is 0 Å². The number of nitrogens with zero attached hydrogens (tertiary/aromatic N) is 1. The van der Waals surface area contributed by atoms with Crippen molar-refractivity contribution in [3.63, 3.8) is 0 Å². The van der Waals surface area contributed by atoms with E-state index in [2.05, 4.69) is 5.32 Å². The lowest BCUT2D eigenvalue weighted by Gasteiger charge is -2.16. The van der Waals surface area contributed by atoms with Crippen LogP contribution in [0.1, 0.15) is 25.3 Å². The lowest BCUT2D eigenvalue weighted by atomic mass is 10.2. The molecule has 19 heavy (non-hydrogen) atoms. The van der Waals surface area contributed by atoms with Crippen LogP contribution in [0.2, 0.25) is 5.02 Å². The largest absolute Gasteiger partial charge is 0.344 e. The number of benzene rings is 1. The van der Waals surface area contributed by atoms with Crippen LogP contribution in [0.5, 0.6) is 0 Å². The molecule has 0 saturated heterocycles. The molecule has 0 atom stereocenters. The minimum Gasteiger partial charge on any atom is -0.344 e. The number of halogens is 1. The fraction of sp³-hybridized carbons (Fsp3) is 0.429. The van der Waals surface area contributed by atoms with E-state index < -0.39 is 11.8 Å². The summed E-state index contributed by atoms with van der Waals surface area (Å²) in [5.41, 5.74) is 0.793. The summed E-state index contributed by atoms with van der Waals surface area (Å²) < 4.78 is 0. The van der Waals surface area contributed by atoms with Crippen molar-refractivity contribution in [3.05, 3.63) is 34.9 Å². The first-order valence-corrected chi connectivity index (χ1v) is 6.70. The Morgan fingerprint density at radius 2 is 2.00 bits per heavy atom. The van der Waals surface area contributed by atoms with Crippen LogP contribution < -0.4 is 5.32 Å². The standard InChI is InChI=1S/C14H19ClN2O2/c1-3-4-9-17(2)14(19)13(18)16-10-11-7-5-6-8-12(11)15/h5-8H,3-4,9-10H2,1-2H3,(H,16,18). The highest BCUT2D eigenvalue weighted by molar-refractivity contribution is 6.35. The molecule has 0 saturated carbocycles. The first-order valence-electron chi connectivity index (χ1n) is 6.33. The predicted molar refractivity (Wildman–Crippen MR) is 75.8 cm³/mol. The van der Waals surface area contributed by atoms with Gasteiger partial charge in [0.2, 0.25) is 0 Å². The quantitative estimate of drug-likeness (QED) is 0.842. The number of likely N-dealkylation sites (N-methyl/N-ethyl adjacent to an activating group) is 1. The Labute approximate surface area is 118 Å². The van der Waals surface area contributed by atoms with Crippen LogP contribution in [0.15, 0.2) is 24.3 Å². The molecule has 0 aromatic heterocycles. The van der Waals surface area contributed by atoms with Crippen LogP contribution in [0, 0.1) is 0 Å². The molecule has 0 aliphatic carbocycles. The molecule has 0 fully saturated rings. The molecule has 5 heteroatoms. The second kappa shape index (κ2) is 7.79. The molecule has 0 bridgehead atoms. The average molecular weight is 283 g/mol. The van der Waals surface area contributed by atoms with Gasteiger partial charge in [-0.25, -0.2) is 0 Å². The topological polar surface area (TPSA) is 49.4 Å². The smallest absolute Gasteiger partial charge is 0.311 e. The lowest BCUT2D eigenvalue weighted by molar-refractivity contribution is -0.145. The van der Waals surface area contributed by atoms with Gasteiger partial charge in [-0.05, 0) is 18.1 Å². The van der Waals surface area contributed by atoms with E-state index >= 15 is 0 Å². The normalized spacial score (nSPS) is 10.1. The number of carbonyl (C=O) groups excluding carboxylic acids is 2. The first kappa shape index (κ1) is 15.5. The fourth-order valence-electron chi connectivity index (χ4n) is 1.56. The highest BCUT2D eigenvalue weighted by atomic mass is 35.5. The summed E-state index contributed by atoms with van der Waals surface area (Å²) in [4.78, 5) is 24.9. The molecule has 1 rings (SSSR count). The summed E-state index contributed by atoms with van der Waals surface area (Å²) in [6.45, 7) is 2.89. The van der Waals surface area contributed by atoms with E-state index in [9.17, 15) is 9.59 Å². The maximum Gasteiger partial charge on any atom is 0.311 e. The molecule has 0 unspecified atom stereocenters. The summed E-state index contributed by atoms with van der Waals surface area (Å²) in [5.74, 6) is -1.11. The summed E-state index contributed by atoms with van der Waals surface area (Å²) in [7, 11) is 1.63. The van der Waals surface area contributed by atoms with E-state index in [0.717, 1.165) is 18.4 Å². The minimum atomic E-state index is -0.599. The second-order valence-corrected chi connectivity index (χ2v) is 4.76. The van der Waals surface area contributed by atoms with Gasteiger partial charge in [-0.15, -0.1) is 0 Å². The van der Waals surface area contributed by atoms with Gasteiger partial charge in [-0.2, -0.15) is 0 Å². The number of hydrogen-bond acceptors (Lipinski definition) is 2. The van der Waals surface area contributed by atoms with Gasteiger partial charge in [0, 0.05) is 25.2 Å². The number of amides is 2. The van der Waals surface area contributed by atoms with Crippen molar-refractivity contribution in [2.75, 3.05) is 13.6 Å². The van der Waals surface area contributed by atoms with Crippen LogP contribution in [-0.2, 0) is 16.1 Å². The Bertz CT molecular complexity index is 449. The van der Waals surface area contributed by atoms with Gasteiger partial charge in [-0.1, -0.05) is 43.1 Å². The Morgan fingerprint density at radius 3 is 2.63 bits per heavy atom. The molecular weight excluding hydrogens is 264 g/mol. The van der Waals surface area contributed by atoms with Gasteiger partial charge in [0.1, 0.15) is 0 Å². The van der Waals surface area contributed by atoms with E-state index in [1.54, 1.807) is 13.1 Å². The molecule has 1 aromatic carbocycles. The van der Waals surface area contributed by atoms with Crippen molar-refractivity contribution in [2.24, 2.45) is 0 Å². The third-order valence-corrected chi connectivity index (χ3v) is 3.15. The zero-order valence-electron chi connectivity index (χ0n) is 11.3. The van der Waals surface area contributed by atoms with Gasteiger partial charge in [0.05, 0.1) is 0 Å². The molecular formula is C14H19ClN2O2. The number of carbonyl (C=O) groups is 2. The maximum absolute atomic E-state index is 11.7. The molecule has 2 amide bonds. The Morgan fingerprint density at radius 1 is 1.32 bits per heavy atom. The zero-order chi connectivity index (χ0) is 14.3. The summed E-state index contributed by atoms with van der Waals surface area (Å²) in [6, 6.07) is 7.21. The van der Waals surface area contributed by atoms with Crippen LogP contribution in [-0.4, -0.2) is 30.3 Å². The third-order valence-electron chi connectivity index (χ3n) is 2.79. The average Bonchev–Trinajstić information content (AvgIpc) is 2.42. The number of rotatable bonds is 5. The van der Waals surface area contributed by atoms with E-state index in [1.807, 2.05) is 25.1 Å². The molecule has 1 aromatic rings. The molecule has 0 spiro atoms. The van der Waals surface area contributed by atoms with E-state index in [-0.39, 0.29) is 6.54 Å². The molecule has 104 valence electrons. The van der Waals surface area contributed by atoms with Gasteiger partial charge >= 0.3 is 11.8 Å². The van der Waals surface area contributed by atoms with Gasteiger partial charge in [-0.3, -0.25) is 9.59 Å². The molecule has 0 aliphatic rings. The Kier molecular flexibility index (Phi) is 6.36. The van der Waals surface area contributed by atoms with Crippen LogP contribution in [0.3, 0.4) is 0 Å². The van der Waals surface area contributed by atoms with E-state index in [4.69, 9.17) is 11.6 Å². The summed E-state index contributed by atoms with van der Waals surface area (Å²) in [6.07, 6.45) is 1.87. The van der Waals surface area contributed by atoms with Crippen LogP contribution in [0.25, 0.3) is 0 Å². The molecule has 0 aliphatic heterocycles. The van der Waals surface area contributed by atoms with Gasteiger partial charge in [0.15, 0.2) is 0 Å². The van der Waals surface area contributed by atoms with Gasteiger partial charge in [0.25, 0.3) is 0 Å². The lowest BCUT2D eigenvalue weighted by Crippen LogP contribution is -2.41. The monoisotopic (exact) mass is 282 g/mol. The Balaban J connectivity index is 2.47. The molecule has 0 heterocycles. The molecule has 4 nitrogen and oxygen atoms in total. The predicted octanol–water partition coefficient (Wildman–Crippen LogP) is 2.21. The van der Waals surface area contributed by atoms with Crippen molar-refractivity contribution in [1.82, 2.24) is 10.2 Å². The highest BCUT2D eigenvalue weighted by Crippen LogP contribution is 2.14. The maximum atomic E-state index is 11.7. The number of nitrogens with one attached hydrogen (secondary N) is 1. The first-order chi connectivity index (χ1) is 9.06. The highest BCUT2D eigenvalue weighted by Gasteiger charge is 2.17. The van der Waals surface area contributed by atoms with Crippen molar-refractivity contribution in [1.29, 1.82) is 0 Å². The number of unbranched alkanes of at least 4 members (excludes halogenated alkanes) is 1. The molecule has 0 radical (unpaired) electrons. The van der Waals surface area contributed by atoms with Crippen LogP contribution in [0.4, 0.5) is 0 Å².